The molecule has 1 fully saturated rings. The van der Waals surface area contributed by atoms with Crippen molar-refractivity contribution in [3.63, 3.8) is 0 Å². The van der Waals surface area contributed by atoms with Crippen LogP contribution < -0.4 is 5.32 Å². The van der Waals surface area contributed by atoms with Crippen molar-refractivity contribution in [1.82, 2.24) is 10.2 Å². The Morgan fingerprint density at radius 1 is 1.28 bits per heavy atom. The summed E-state index contributed by atoms with van der Waals surface area (Å²) in [6.45, 7) is 9.92. The van der Waals surface area contributed by atoms with Gasteiger partial charge in [0.2, 0.25) is 5.91 Å². The summed E-state index contributed by atoms with van der Waals surface area (Å²) in [7, 11) is 1.30. The molecule has 0 bridgehead atoms. The maximum atomic E-state index is 12.5. The predicted molar refractivity (Wildman–Crippen MR) is 93.9 cm³/mol. The third kappa shape index (κ3) is 7.15. The molecule has 1 saturated heterocycles. The zero-order valence-corrected chi connectivity index (χ0v) is 16.0. The SMILES string of the molecule is COC(=O)/C=C/[C@H](CC(C)C)NC(=O)[C@@H]1CCN1C(=O)OC(C)(C)C. The van der Waals surface area contributed by atoms with Crippen LogP contribution in [0.4, 0.5) is 4.79 Å². The molecule has 2 amide bonds. The molecular weight excluding hydrogens is 324 g/mol. The first-order valence-electron chi connectivity index (χ1n) is 8.59. The van der Waals surface area contributed by atoms with E-state index in [1.54, 1.807) is 26.8 Å². The van der Waals surface area contributed by atoms with Crippen LogP contribution in [0.1, 0.15) is 47.5 Å². The molecule has 1 aliphatic heterocycles. The molecule has 25 heavy (non-hydrogen) atoms. The maximum Gasteiger partial charge on any atom is 0.410 e. The van der Waals surface area contributed by atoms with Gasteiger partial charge in [-0.2, -0.15) is 0 Å². The van der Waals surface area contributed by atoms with Crippen molar-refractivity contribution >= 4 is 18.0 Å². The van der Waals surface area contributed by atoms with E-state index in [9.17, 15) is 14.4 Å². The van der Waals surface area contributed by atoms with Crippen molar-refractivity contribution < 1.29 is 23.9 Å². The van der Waals surface area contributed by atoms with Crippen molar-refractivity contribution in [2.45, 2.75) is 65.1 Å². The Kier molecular flexibility index (Phi) is 7.45. The van der Waals surface area contributed by atoms with Gasteiger partial charge in [0.05, 0.1) is 7.11 Å². The zero-order valence-electron chi connectivity index (χ0n) is 16.0. The van der Waals surface area contributed by atoms with Crippen molar-refractivity contribution in [3.05, 3.63) is 12.2 Å². The Hall–Kier alpha value is -2.05. The number of rotatable bonds is 6. The minimum absolute atomic E-state index is 0.239. The molecule has 0 aromatic carbocycles. The number of hydrogen-bond acceptors (Lipinski definition) is 5. The molecule has 0 aromatic heterocycles. The Morgan fingerprint density at radius 3 is 2.36 bits per heavy atom. The Morgan fingerprint density at radius 2 is 1.92 bits per heavy atom. The fourth-order valence-corrected chi connectivity index (χ4v) is 2.43. The van der Waals surface area contributed by atoms with Crippen LogP contribution in [0.15, 0.2) is 12.2 Å². The first kappa shape index (κ1) is 21.0. The number of likely N-dealkylation sites (tertiary alicyclic amines) is 1. The highest BCUT2D eigenvalue weighted by Crippen LogP contribution is 2.22. The number of methoxy groups -OCH3 is 1. The lowest BCUT2D eigenvalue weighted by Crippen LogP contribution is -2.60. The summed E-state index contributed by atoms with van der Waals surface area (Å²) >= 11 is 0. The van der Waals surface area contributed by atoms with Gasteiger partial charge in [-0.1, -0.05) is 19.9 Å². The fraction of sp³-hybridized carbons (Fsp3) is 0.722. The van der Waals surface area contributed by atoms with Crippen LogP contribution in [-0.2, 0) is 19.1 Å². The predicted octanol–water partition coefficient (Wildman–Crippen LogP) is 2.26. The molecule has 1 rings (SSSR count). The van der Waals surface area contributed by atoms with E-state index in [1.165, 1.54) is 18.1 Å². The number of carbonyl (C=O) groups excluding carboxylic acids is 3. The lowest BCUT2D eigenvalue weighted by atomic mass is 10.00. The Balaban J connectivity index is 2.68. The van der Waals surface area contributed by atoms with Crippen LogP contribution in [-0.4, -0.2) is 54.2 Å². The second-order valence-corrected chi connectivity index (χ2v) is 7.61. The molecule has 0 aliphatic carbocycles. The highest BCUT2D eigenvalue weighted by Gasteiger charge is 2.40. The lowest BCUT2D eigenvalue weighted by molar-refractivity contribution is -0.135. The second kappa shape index (κ2) is 8.87. The van der Waals surface area contributed by atoms with Gasteiger partial charge in [-0.25, -0.2) is 9.59 Å². The molecule has 142 valence electrons. The number of hydrogen-bond donors (Lipinski definition) is 1. The number of nitrogens with one attached hydrogen (secondary N) is 1. The van der Waals surface area contributed by atoms with E-state index in [2.05, 4.69) is 10.1 Å². The Bertz CT molecular complexity index is 522. The van der Waals surface area contributed by atoms with E-state index in [0.29, 0.717) is 25.3 Å². The van der Waals surface area contributed by atoms with Gasteiger partial charge < -0.3 is 14.8 Å². The first-order chi connectivity index (χ1) is 11.5. The van der Waals surface area contributed by atoms with E-state index < -0.39 is 23.7 Å². The van der Waals surface area contributed by atoms with Crippen molar-refractivity contribution in [1.29, 1.82) is 0 Å². The van der Waals surface area contributed by atoms with Crippen LogP contribution in [0, 0.1) is 5.92 Å². The van der Waals surface area contributed by atoms with E-state index in [0.717, 1.165) is 0 Å². The fourth-order valence-electron chi connectivity index (χ4n) is 2.43. The van der Waals surface area contributed by atoms with Gasteiger partial charge in [0.25, 0.3) is 0 Å². The second-order valence-electron chi connectivity index (χ2n) is 7.61. The van der Waals surface area contributed by atoms with Crippen LogP contribution >= 0.6 is 0 Å². The molecule has 0 aromatic rings. The average molecular weight is 354 g/mol. The largest absolute Gasteiger partial charge is 0.466 e. The van der Waals surface area contributed by atoms with Crippen LogP contribution in [0.5, 0.6) is 0 Å². The Labute approximate surface area is 149 Å². The zero-order chi connectivity index (χ0) is 19.2. The molecule has 7 heteroatoms. The summed E-state index contributed by atoms with van der Waals surface area (Å²) in [5.41, 5.74) is -0.600. The maximum absolute atomic E-state index is 12.5. The van der Waals surface area contributed by atoms with E-state index in [1.807, 2.05) is 13.8 Å². The van der Waals surface area contributed by atoms with Gasteiger partial charge >= 0.3 is 12.1 Å². The number of nitrogens with zero attached hydrogens (tertiary/aromatic N) is 1. The number of amides is 2. The normalized spacial score (nSPS) is 18.7. The van der Waals surface area contributed by atoms with Gasteiger partial charge in [0.1, 0.15) is 11.6 Å². The number of esters is 1. The van der Waals surface area contributed by atoms with Gasteiger partial charge in [-0.3, -0.25) is 9.69 Å². The summed E-state index contributed by atoms with van der Waals surface area (Å²) in [4.78, 5) is 37.3. The van der Waals surface area contributed by atoms with Gasteiger partial charge in [-0.05, 0) is 39.5 Å². The smallest absolute Gasteiger partial charge is 0.410 e. The molecule has 7 nitrogen and oxygen atoms in total. The number of carbonyl (C=O) groups is 3. The van der Waals surface area contributed by atoms with Gasteiger partial charge in [0.15, 0.2) is 0 Å². The van der Waals surface area contributed by atoms with Crippen molar-refractivity contribution in [2.24, 2.45) is 5.92 Å². The molecular formula is C18H30N2O5. The monoisotopic (exact) mass is 354 g/mol. The minimum atomic E-state index is -0.600. The number of ether oxygens (including phenoxy) is 2. The molecule has 0 radical (unpaired) electrons. The summed E-state index contributed by atoms with van der Waals surface area (Å²) in [6, 6.07) is -0.830. The highest BCUT2D eigenvalue weighted by molar-refractivity contribution is 5.88. The van der Waals surface area contributed by atoms with Crippen LogP contribution in [0.2, 0.25) is 0 Å². The topological polar surface area (TPSA) is 84.9 Å². The molecule has 0 unspecified atom stereocenters. The summed E-state index contributed by atoms with van der Waals surface area (Å²) in [6.07, 6.45) is 3.72. The van der Waals surface area contributed by atoms with Crippen molar-refractivity contribution in [3.8, 4) is 0 Å². The lowest BCUT2D eigenvalue weighted by Gasteiger charge is -2.40. The molecule has 1 aliphatic rings. The van der Waals surface area contributed by atoms with Gasteiger partial charge in [-0.15, -0.1) is 0 Å². The van der Waals surface area contributed by atoms with Gasteiger partial charge in [0, 0.05) is 18.7 Å². The van der Waals surface area contributed by atoms with E-state index in [-0.39, 0.29) is 11.9 Å². The molecule has 2 atom stereocenters. The molecule has 0 saturated carbocycles. The molecule has 0 spiro atoms. The van der Waals surface area contributed by atoms with Crippen molar-refractivity contribution in [2.75, 3.05) is 13.7 Å². The summed E-state index contributed by atoms with van der Waals surface area (Å²) < 4.78 is 9.89. The van der Waals surface area contributed by atoms with E-state index in [4.69, 9.17) is 4.74 Å². The third-order valence-electron chi connectivity index (χ3n) is 3.67. The minimum Gasteiger partial charge on any atom is -0.466 e. The standard InChI is InChI=1S/C18H30N2O5/c1-12(2)11-13(7-8-15(21)24-6)19-16(22)14-9-10-20(14)17(23)25-18(3,4)5/h7-8,12-14H,9-11H2,1-6H3,(H,19,22)/b8-7+/t13-,14+/m1/s1. The third-order valence-corrected chi connectivity index (χ3v) is 3.67. The average Bonchev–Trinajstić information content (AvgIpc) is 2.40. The highest BCUT2D eigenvalue weighted by atomic mass is 16.6. The van der Waals surface area contributed by atoms with Crippen LogP contribution in [0.25, 0.3) is 0 Å². The van der Waals surface area contributed by atoms with E-state index >= 15 is 0 Å². The summed E-state index contributed by atoms with van der Waals surface area (Å²) in [5, 5.41) is 2.89. The summed E-state index contributed by atoms with van der Waals surface area (Å²) in [5.74, 6) is -0.379. The first-order valence-corrected chi connectivity index (χ1v) is 8.59. The van der Waals surface area contributed by atoms with Crippen LogP contribution in [0.3, 0.4) is 0 Å². The molecule has 1 N–H and O–H groups in total. The molecule has 1 heterocycles. The quantitative estimate of drug-likeness (QED) is 0.584.